The molecule has 4 amide bonds. The number of anilines is 1. The number of nitrogens with zero attached hydrogens (tertiary/aromatic N) is 3. The molecule has 8 nitrogen and oxygen atoms in total. The van der Waals surface area contributed by atoms with Crippen LogP contribution < -0.4 is 10.1 Å². The van der Waals surface area contributed by atoms with Crippen molar-refractivity contribution < 1.29 is 19.1 Å². The van der Waals surface area contributed by atoms with Gasteiger partial charge in [-0.25, -0.2) is 4.79 Å². The summed E-state index contributed by atoms with van der Waals surface area (Å²) in [7, 11) is 1.58. The quantitative estimate of drug-likeness (QED) is 0.816. The van der Waals surface area contributed by atoms with Gasteiger partial charge in [-0.3, -0.25) is 9.59 Å². The third kappa shape index (κ3) is 4.68. The van der Waals surface area contributed by atoms with Crippen molar-refractivity contribution in [2.45, 2.75) is 27.2 Å². The van der Waals surface area contributed by atoms with Crippen LogP contribution in [0, 0.1) is 11.3 Å². The summed E-state index contributed by atoms with van der Waals surface area (Å²) in [6, 6.07) is 6.97. The van der Waals surface area contributed by atoms with E-state index in [0.29, 0.717) is 57.1 Å². The molecule has 0 aromatic heterocycles. The summed E-state index contributed by atoms with van der Waals surface area (Å²) in [4.78, 5) is 43.7. The molecule has 2 heterocycles. The van der Waals surface area contributed by atoms with E-state index in [2.05, 4.69) is 5.32 Å². The lowest BCUT2D eigenvalue weighted by Crippen LogP contribution is -2.46. The monoisotopic (exact) mass is 416 g/mol. The number of nitrogens with one attached hydrogen (secondary N) is 1. The van der Waals surface area contributed by atoms with Crippen molar-refractivity contribution in [3.63, 3.8) is 0 Å². The van der Waals surface area contributed by atoms with Crippen LogP contribution in [-0.2, 0) is 9.59 Å². The van der Waals surface area contributed by atoms with Crippen LogP contribution in [0.3, 0.4) is 0 Å². The second-order valence-electron chi connectivity index (χ2n) is 8.58. The first-order valence-corrected chi connectivity index (χ1v) is 10.5. The van der Waals surface area contributed by atoms with Gasteiger partial charge in [0.05, 0.1) is 7.11 Å². The van der Waals surface area contributed by atoms with Crippen LogP contribution in [0.1, 0.15) is 27.2 Å². The van der Waals surface area contributed by atoms with E-state index in [-0.39, 0.29) is 23.8 Å². The Kier molecular flexibility index (Phi) is 6.53. The third-order valence-corrected chi connectivity index (χ3v) is 5.89. The number of likely N-dealkylation sites (tertiary alicyclic amines) is 1. The molecule has 1 aromatic carbocycles. The number of amides is 4. The first kappa shape index (κ1) is 21.9. The number of benzene rings is 1. The van der Waals surface area contributed by atoms with E-state index in [9.17, 15) is 14.4 Å². The van der Waals surface area contributed by atoms with Crippen molar-refractivity contribution in [2.24, 2.45) is 11.3 Å². The average molecular weight is 417 g/mol. The zero-order valence-electron chi connectivity index (χ0n) is 18.3. The van der Waals surface area contributed by atoms with Crippen molar-refractivity contribution in [2.75, 3.05) is 51.7 Å². The highest BCUT2D eigenvalue weighted by atomic mass is 16.5. The van der Waals surface area contributed by atoms with Gasteiger partial charge in [-0.15, -0.1) is 0 Å². The zero-order chi connectivity index (χ0) is 21.9. The van der Waals surface area contributed by atoms with Gasteiger partial charge in [-0.1, -0.05) is 19.9 Å². The van der Waals surface area contributed by atoms with Crippen LogP contribution in [0.5, 0.6) is 5.75 Å². The van der Waals surface area contributed by atoms with E-state index in [4.69, 9.17) is 4.74 Å². The molecular weight excluding hydrogens is 384 g/mol. The molecule has 0 saturated carbocycles. The van der Waals surface area contributed by atoms with E-state index in [1.165, 1.54) is 0 Å². The van der Waals surface area contributed by atoms with Crippen LogP contribution >= 0.6 is 0 Å². The summed E-state index contributed by atoms with van der Waals surface area (Å²) in [6.07, 6.45) is 0.353. The number of urea groups is 1. The van der Waals surface area contributed by atoms with Gasteiger partial charge < -0.3 is 24.8 Å². The first-order valence-electron chi connectivity index (χ1n) is 10.5. The molecule has 1 N–H and O–H groups in total. The van der Waals surface area contributed by atoms with Crippen molar-refractivity contribution in [1.29, 1.82) is 0 Å². The summed E-state index contributed by atoms with van der Waals surface area (Å²) in [5.74, 6) is 0.684. The lowest BCUT2D eigenvalue weighted by molar-refractivity contribution is -0.135. The molecule has 2 aliphatic heterocycles. The molecule has 1 aromatic rings. The van der Waals surface area contributed by atoms with Crippen LogP contribution in [0.15, 0.2) is 24.3 Å². The summed E-state index contributed by atoms with van der Waals surface area (Å²) in [6.45, 7) is 8.74. The molecule has 8 heteroatoms. The minimum atomic E-state index is -0.445. The van der Waals surface area contributed by atoms with E-state index >= 15 is 0 Å². The molecule has 0 radical (unpaired) electrons. The Bertz CT molecular complexity index is 812. The molecule has 30 heavy (non-hydrogen) atoms. The maximum Gasteiger partial charge on any atom is 0.321 e. The number of hydrogen-bond acceptors (Lipinski definition) is 4. The number of carbonyl (C=O) groups excluding carboxylic acids is 3. The van der Waals surface area contributed by atoms with E-state index in [1.807, 2.05) is 42.7 Å². The second-order valence-corrected chi connectivity index (χ2v) is 8.58. The molecule has 2 aliphatic rings. The Morgan fingerprint density at radius 2 is 1.87 bits per heavy atom. The number of ether oxygens (including phenoxy) is 1. The molecule has 2 saturated heterocycles. The normalized spacial score (nSPS) is 21.9. The highest BCUT2D eigenvalue weighted by molar-refractivity contribution is 5.90. The van der Waals surface area contributed by atoms with Gasteiger partial charge in [0, 0.05) is 68.8 Å². The topological polar surface area (TPSA) is 82.2 Å². The van der Waals surface area contributed by atoms with Gasteiger partial charge in [-0.05, 0) is 19.1 Å². The fourth-order valence-electron chi connectivity index (χ4n) is 4.37. The zero-order valence-corrected chi connectivity index (χ0v) is 18.3. The smallest absolute Gasteiger partial charge is 0.321 e. The second kappa shape index (κ2) is 8.93. The molecule has 3 rings (SSSR count). The predicted octanol–water partition coefficient (Wildman–Crippen LogP) is 2.27. The molecule has 1 atom stereocenters. The number of rotatable bonds is 4. The van der Waals surface area contributed by atoms with Crippen molar-refractivity contribution >= 4 is 23.5 Å². The van der Waals surface area contributed by atoms with Gasteiger partial charge in [0.15, 0.2) is 0 Å². The van der Waals surface area contributed by atoms with Crippen molar-refractivity contribution in [3.8, 4) is 5.75 Å². The number of carbonyl (C=O) groups is 3. The Morgan fingerprint density at radius 3 is 2.50 bits per heavy atom. The molecule has 1 spiro atoms. The van der Waals surface area contributed by atoms with Gasteiger partial charge in [0.1, 0.15) is 5.75 Å². The molecule has 0 unspecified atom stereocenters. The molecule has 164 valence electrons. The Hall–Kier alpha value is -2.77. The minimum absolute atomic E-state index is 0.0619. The summed E-state index contributed by atoms with van der Waals surface area (Å²) < 4.78 is 5.22. The number of methoxy groups -OCH3 is 1. The van der Waals surface area contributed by atoms with Crippen LogP contribution in [0.2, 0.25) is 0 Å². The maximum absolute atomic E-state index is 13.1. The van der Waals surface area contributed by atoms with E-state index < -0.39 is 5.41 Å². The lowest BCUT2D eigenvalue weighted by Gasteiger charge is -2.34. The van der Waals surface area contributed by atoms with Crippen molar-refractivity contribution in [1.82, 2.24) is 14.7 Å². The summed E-state index contributed by atoms with van der Waals surface area (Å²) in [5.41, 5.74) is 0.199. The maximum atomic E-state index is 13.1. The average Bonchev–Trinajstić information content (AvgIpc) is 2.91. The van der Waals surface area contributed by atoms with Gasteiger partial charge in [-0.2, -0.15) is 0 Å². The van der Waals surface area contributed by atoms with Crippen molar-refractivity contribution in [3.05, 3.63) is 24.3 Å². The van der Waals surface area contributed by atoms with Gasteiger partial charge in [0.2, 0.25) is 11.8 Å². The molecular formula is C22H32N4O4. The Balaban J connectivity index is 1.82. The lowest BCUT2D eigenvalue weighted by atomic mass is 9.85. The van der Waals surface area contributed by atoms with Crippen LogP contribution in [0.25, 0.3) is 0 Å². The fraction of sp³-hybridized carbons (Fsp3) is 0.591. The van der Waals surface area contributed by atoms with Gasteiger partial charge in [0.25, 0.3) is 0 Å². The Morgan fingerprint density at radius 1 is 1.17 bits per heavy atom. The van der Waals surface area contributed by atoms with E-state index in [1.54, 1.807) is 24.1 Å². The highest BCUT2D eigenvalue weighted by Gasteiger charge is 2.47. The largest absolute Gasteiger partial charge is 0.497 e. The minimum Gasteiger partial charge on any atom is -0.497 e. The summed E-state index contributed by atoms with van der Waals surface area (Å²) >= 11 is 0. The van der Waals surface area contributed by atoms with Crippen LogP contribution in [-0.4, -0.2) is 78.9 Å². The predicted molar refractivity (Wildman–Crippen MR) is 114 cm³/mol. The Labute approximate surface area is 178 Å². The molecule has 2 fully saturated rings. The summed E-state index contributed by atoms with van der Waals surface area (Å²) in [5, 5.41) is 2.93. The molecule has 0 bridgehead atoms. The van der Waals surface area contributed by atoms with Crippen LogP contribution in [0.4, 0.5) is 10.5 Å². The van der Waals surface area contributed by atoms with Gasteiger partial charge >= 0.3 is 6.03 Å². The highest BCUT2D eigenvalue weighted by Crippen LogP contribution is 2.35. The number of hydrogen-bond donors (Lipinski definition) is 1. The molecule has 0 aliphatic carbocycles. The SMILES string of the molecule is CCN1C[C@]2(CC1=O)CN(C(=O)Nc1cccc(OC)c1)CCN(C(=O)C(C)C)C2. The fourth-order valence-corrected chi connectivity index (χ4v) is 4.37. The third-order valence-electron chi connectivity index (χ3n) is 5.89. The first-order chi connectivity index (χ1) is 14.3. The van der Waals surface area contributed by atoms with E-state index in [0.717, 1.165) is 0 Å². The standard InChI is InChI=1S/C22H32N4O4/c1-5-24-13-22(12-19(24)27)14-25(20(28)16(2)3)9-10-26(15-22)21(29)23-17-7-6-8-18(11-17)30-4/h6-8,11,16H,5,9-10,12-15H2,1-4H3,(H,23,29)/t22-/m0/s1.